The molecule has 0 aromatic heterocycles. The Morgan fingerprint density at radius 3 is 2.11 bits per heavy atom. The van der Waals surface area contributed by atoms with E-state index in [0.717, 1.165) is 11.3 Å². The van der Waals surface area contributed by atoms with Crippen LogP contribution in [-0.2, 0) is 0 Å². The summed E-state index contributed by atoms with van der Waals surface area (Å²) in [5.74, 6) is 0. The molecule has 0 saturated heterocycles. The fourth-order valence-electron chi connectivity index (χ4n) is 0.587. The molecule has 0 unspecified atom stereocenters. The number of para-hydroxylation sites is 1. The third kappa shape index (κ3) is 2.39. The molecule has 0 bridgehead atoms. The molecule has 44 valence electrons. The zero-order chi connectivity index (χ0) is 5.98. The zero-order valence-corrected chi connectivity index (χ0v) is 4.89. The number of hydrogen-bond acceptors (Lipinski definition) is 1. The van der Waals surface area contributed by atoms with Gasteiger partial charge in [0.2, 0.25) is 0 Å². The van der Waals surface area contributed by atoms with Gasteiger partial charge in [-0.15, -0.1) is 0 Å². The van der Waals surface area contributed by atoms with Crippen LogP contribution in [0.3, 0.4) is 0 Å². The van der Waals surface area contributed by atoms with E-state index in [2.05, 4.69) is 0 Å². The summed E-state index contributed by atoms with van der Waals surface area (Å²) in [6.45, 7) is 2.00. The molecule has 1 rings (SSSR count). The summed E-state index contributed by atoms with van der Waals surface area (Å²) in [4.78, 5) is 0. The quantitative estimate of drug-likeness (QED) is 0.411. The molecule has 0 spiro atoms. The van der Waals surface area contributed by atoms with E-state index in [1.54, 1.807) is 0 Å². The van der Waals surface area contributed by atoms with Gasteiger partial charge in [0, 0.05) is 5.69 Å². The average molecular weight is 131 g/mol. The summed E-state index contributed by atoms with van der Waals surface area (Å²) in [6.07, 6.45) is 0. The predicted octanol–water partition coefficient (Wildman–Crippen LogP) is 0.929. The summed E-state index contributed by atoms with van der Waals surface area (Å²) >= 11 is 0. The molecule has 0 aliphatic rings. The van der Waals surface area contributed by atoms with Crippen LogP contribution in [0.2, 0.25) is 0 Å². The van der Waals surface area contributed by atoms with E-state index in [1.165, 1.54) is 0 Å². The molecule has 2 heteroatoms. The van der Waals surface area contributed by atoms with Gasteiger partial charge in [0.1, 0.15) is 0 Å². The number of nitrogens with two attached hydrogens (primary N) is 1. The fraction of sp³-hybridized carbons (Fsp3) is 0.143. The SMILES string of the molecule is Cc1ccccc1N.[NaH]. The van der Waals surface area contributed by atoms with Crippen molar-refractivity contribution in [3.63, 3.8) is 0 Å². The molecule has 1 aromatic carbocycles. The van der Waals surface area contributed by atoms with Gasteiger partial charge in [-0.3, -0.25) is 0 Å². The van der Waals surface area contributed by atoms with Crippen LogP contribution >= 0.6 is 0 Å². The number of aryl methyl sites for hydroxylation is 1. The molecule has 1 aromatic rings. The second-order valence-electron chi connectivity index (χ2n) is 1.86. The molecule has 0 aliphatic carbocycles. The summed E-state index contributed by atoms with van der Waals surface area (Å²) in [6, 6.07) is 7.80. The Hall–Kier alpha value is 0.0200. The van der Waals surface area contributed by atoms with Crippen molar-refractivity contribution in [1.29, 1.82) is 0 Å². The van der Waals surface area contributed by atoms with Crippen LogP contribution in [-0.4, -0.2) is 29.6 Å². The van der Waals surface area contributed by atoms with E-state index >= 15 is 0 Å². The average Bonchev–Trinajstić information content (AvgIpc) is 1.77. The Kier molecular flexibility index (Phi) is 3.95. The molecule has 0 saturated carbocycles. The Morgan fingerprint density at radius 1 is 1.22 bits per heavy atom. The van der Waals surface area contributed by atoms with Gasteiger partial charge in [0.25, 0.3) is 0 Å². The molecule has 0 aliphatic heterocycles. The topological polar surface area (TPSA) is 26.0 Å². The molecule has 0 fully saturated rings. The van der Waals surface area contributed by atoms with E-state index < -0.39 is 0 Å². The van der Waals surface area contributed by atoms with E-state index in [9.17, 15) is 0 Å². The first-order chi connectivity index (χ1) is 3.80. The van der Waals surface area contributed by atoms with Gasteiger partial charge in [0.05, 0.1) is 0 Å². The molecular formula is C7H10NNa. The first-order valence-corrected chi connectivity index (χ1v) is 2.62. The van der Waals surface area contributed by atoms with Gasteiger partial charge in [-0.2, -0.15) is 0 Å². The zero-order valence-electron chi connectivity index (χ0n) is 4.89. The molecular weight excluding hydrogens is 121 g/mol. The van der Waals surface area contributed by atoms with Crippen molar-refractivity contribution < 1.29 is 0 Å². The maximum absolute atomic E-state index is 5.52. The van der Waals surface area contributed by atoms with Gasteiger partial charge in [-0.05, 0) is 18.6 Å². The second-order valence-corrected chi connectivity index (χ2v) is 1.86. The van der Waals surface area contributed by atoms with Crippen LogP contribution in [0.4, 0.5) is 5.69 Å². The van der Waals surface area contributed by atoms with Crippen molar-refractivity contribution >= 4 is 35.2 Å². The van der Waals surface area contributed by atoms with Crippen LogP contribution in [0.15, 0.2) is 24.3 Å². The third-order valence-electron chi connectivity index (χ3n) is 1.19. The molecule has 0 amide bonds. The Morgan fingerprint density at radius 2 is 1.78 bits per heavy atom. The van der Waals surface area contributed by atoms with Gasteiger partial charge >= 0.3 is 29.6 Å². The summed E-state index contributed by atoms with van der Waals surface area (Å²) in [7, 11) is 0. The monoisotopic (exact) mass is 131 g/mol. The van der Waals surface area contributed by atoms with Crippen molar-refractivity contribution in [2.75, 3.05) is 5.73 Å². The van der Waals surface area contributed by atoms with Crippen molar-refractivity contribution in [3.8, 4) is 0 Å². The van der Waals surface area contributed by atoms with Crippen molar-refractivity contribution in [2.45, 2.75) is 6.92 Å². The summed E-state index contributed by atoms with van der Waals surface area (Å²) in [5.41, 5.74) is 7.53. The summed E-state index contributed by atoms with van der Waals surface area (Å²) < 4.78 is 0. The Bertz CT molecular complexity index is 165. The number of hydrogen-bond donors (Lipinski definition) is 1. The van der Waals surface area contributed by atoms with Crippen LogP contribution in [0.5, 0.6) is 0 Å². The molecule has 2 N–H and O–H groups in total. The Labute approximate surface area is 77.5 Å². The third-order valence-corrected chi connectivity index (χ3v) is 1.19. The second kappa shape index (κ2) is 3.94. The molecule has 9 heavy (non-hydrogen) atoms. The van der Waals surface area contributed by atoms with Crippen LogP contribution in [0.25, 0.3) is 0 Å². The van der Waals surface area contributed by atoms with Gasteiger partial charge < -0.3 is 5.73 Å². The van der Waals surface area contributed by atoms with Gasteiger partial charge in [-0.25, -0.2) is 0 Å². The summed E-state index contributed by atoms with van der Waals surface area (Å²) in [5, 5.41) is 0. The molecule has 0 atom stereocenters. The number of anilines is 1. The fourth-order valence-corrected chi connectivity index (χ4v) is 0.587. The predicted molar refractivity (Wildman–Crippen MR) is 42.7 cm³/mol. The Balaban J connectivity index is 0.000000640. The minimum absolute atomic E-state index is 0. The van der Waals surface area contributed by atoms with Crippen molar-refractivity contribution in [2.24, 2.45) is 0 Å². The first-order valence-electron chi connectivity index (χ1n) is 2.62. The standard InChI is InChI=1S/C7H9N.Na.H/c1-6-4-2-3-5-7(6)8;;/h2-5H,8H2,1H3;;. The minimum atomic E-state index is 0. The molecule has 0 heterocycles. The molecule has 0 radical (unpaired) electrons. The number of nitrogen functional groups attached to an aromatic ring is 1. The van der Waals surface area contributed by atoms with E-state index in [-0.39, 0.29) is 29.6 Å². The number of rotatable bonds is 0. The number of benzene rings is 1. The van der Waals surface area contributed by atoms with E-state index in [1.807, 2.05) is 31.2 Å². The van der Waals surface area contributed by atoms with Crippen LogP contribution in [0.1, 0.15) is 5.56 Å². The van der Waals surface area contributed by atoms with Crippen molar-refractivity contribution in [1.82, 2.24) is 0 Å². The van der Waals surface area contributed by atoms with Gasteiger partial charge in [0.15, 0.2) is 0 Å². The van der Waals surface area contributed by atoms with E-state index in [0.29, 0.717) is 0 Å². The normalized spacial score (nSPS) is 8.11. The van der Waals surface area contributed by atoms with Crippen LogP contribution < -0.4 is 5.73 Å². The van der Waals surface area contributed by atoms with Crippen molar-refractivity contribution in [3.05, 3.63) is 29.8 Å². The molecule has 1 nitrogen and oxygen atoms in total. The first kappa shape index (κ1) is 9.02. The van der Waals surface area contributed by atoms with Gasteiger partial charge in [-0.1, -0.05) is 18.2 Å². The van der Waals surface area contributed by atoms with Crippen LogP contribution in [0, 0.1) is 6.92 Å². The van der Waals surface area contributed by atoms with E-state index in [4.69, 9.17) is 5.73 Å². The maximum atomic E-state index is 5.52.